The van der Waals surface area contributed by atoms with E-state index in [0.29, 0.717) is 12.4 Å². The van der Waals surface area contributed by atoms with Crippen LogP contribution in [0.15, 0.2) is 18.3 Å². The minimum atomic E-state index is -2.66. The van der Waals surface area contributed by atoms with E-state index in [-0.39, 0.29) is 0 Å². The third kappa shape index (κ3) is 3.93. The molecule has 1 unspecified atom stereocenters. The molecule has 0 saturated carbocycles. The van der Waals surface area contributed by atoms with Crippen LogP contribution in [0.4, 0.5) is 0 Å². The topological polar surface area (TPSA) is 31.4 Å². The third-order valence-electron chi connectivity index (χ3n) is 1.38. The average Bonchev–Trinajstić information content (AvgIpc) is 2.08. The van der Waals surface area contributed by atoms with Crippen LogP contribution in [0.1, 0.15) is 12.6 Å². The van der Waals surface area contributed by atoms with Crippen LogP contribution in [0.2, 0.25) is 0 Å². The van der Waals surface area contributed by atoms with Gasteiger partial charge in [0.25, 0.3) is 0 Å². The lowest BCUT2D eigenvalue weighted by atomic mass is 10.4. The summed E-state index contributed by atoms with van der Waals surface area (Å²) in [5.74, 6) is -2.12. The molecule has 1 rings (SSSR count). The van der Waals surface area contributed by atoms with Gasteiger partial charge in [0, 0.05) is 5.69 Å². The number of halogens is 1. The van der Waals surface area contributed by atoms with Gasteiger partial charge in [-0.25, -0.2) is 0 Å². The molecule has 0 amide bonds. The van der Waals surface area contributed by atoms with Crippen molar-refractivity contribution in [2.75, 3.05) is 6.61 Å². The van der Waals surface area contributed by atoms with Gasteiger partial charge in [-0.05, 0) is 49.0 Å². The molecular formula is C8H11ClNO2PS. The highest BCUT2D eigenvalue weighted by Crippen LogP contribution is 2.53. The third-order valence-corrected chi connectivity index (χ3v) is 3.42. The minimum absolute atomic E-state index is 0.445. The first-order valence-electron chi connectivity index (χ1n) is 4.10. The first-order valence-corrected chi connectivity index (χ1v) is 7.64. The zero-order valence-corrected chi connectivity index (χ0v) is 10.4. The van der Waals surface area contributed by atoms with E-state index in [1.807, 2.05) is 19.9 Å². The Bertz CT molecular complexity index is 344. The van der Waals surface area contributed by atoms with Crippen LogP contribution >= 0.6 is 17.1 Å². The molecule has 3 nitrogen and oxygen atoms in total. The summed E-state index contributed by atoms with van der Waals surface area (Å²) in [4.78, 5) is 4.06. The number of hydrogen-bond donors (Lipinski definition) is 0. The van der Waals surface area contributed by atoms with E-state index in [1.165, 1.54) is 0 Å². The zero-order chi connectivity index (χ0) is 10.6. The second kappa shape index (κ2) is 5.08. The summed E-state index contributed by atoms with van der Waals surface area (Å²) < 4.78 is 10.4. The molecule has 78 valence electrons. The van der Waals surface area contributed by atoms with Crippen LogP contribution in [0.5, 0.6) is 5.75 Å². The molecule has 0 aliphatic rings. The molecule has 0 bridgehead atoms. The van der Waals surface area contributed by atoms with Gasteiger partial charge in [0.1, 0.15) is 5.75 Å². The molecule has 0 radical (unpaired) electrons. The highest BCUT2D eigenvalue weighted by atomic mass is 35.7. The lowest BCUT2D eigenvalue weighted by Crippen LogP contribution is -1.92. The largest absolute Gasteiger partial charge is 0.431 e. The molecule has 6 heteroatoms. The molecule has 1 atom stereocenters. The minimum Gasteiger partial charge on any atom is -0.431 e. The van der Waals surface area contributed by atoms with Crippen molar-refractivity contribution < 1.29 is 9.05 Å². The summed E-state index contributed by atoms with van der Waals surface area (Å²) in [6, 6.07) is 3.60. The summed E-state index contributed by atoms with van der Waals surface area (Å²) in [5, 5.41) is 0. The number of hydrogen-bond acceptors (Lipinski definition) is 4. The number of aryl methyl sites for hydroxylation is 1. The first-order chi connectivity index (χ1) is 6.53. The Labute approximate surface area is 93.4 Å². The summed E-state index contributed by atoms with van der Waals surface area (Å²) in [6.07, 6.45) is 1.58. The van der Waals surface area contributed by atoms with E-state index < -0.39 is 5.84 Å². The Morgan fingerprint density at radius 3 is 2.79 bits per heavy atom. The van der Waals surface area contributed by atoms with E-state index >= 15 is 0 Å². The fourth-order valence-electron chi connectivity index (χ4n) is 0.815. The molecule has 1 aromatic rings. The standard InChI is InChI=1S/C8H11ClNO2PS/c1-3-11-13(9,14)12-8-5-4-7(2)10-6-8/h4-6H,3H2,1-2H3. The van der Waals surface area contributed by atoms with Crippen molar-refractivity contribution in [3.05, 3.63) is 24.0 Å². The maximum atomic E-state index is 5.86. The molecule has 0 spiro atoms. The average molecular weight is 252 g/mol. The van der Waals surface area contributed by atoms with Gasteiger partial charge in [0.15, 0.2) is 0 Å². The predicted molar refractivity (Wildman–Crippen MR) is 61.4 cm³/mol. The summed E-state index contributed by atoms with van der Waals surface area (Å²) >= 11 is 10.8. The van der Waals surface area contributed by atoms with Crippen molar-refractivity contribution in [2.24, 2.45) is 0 Å². The van der Waals surface area contributed by atoms with Crippen molar-refractivity contribution in [3.8, 4) is 5.75 Å². The normalized spacial score (nSPS) is 14.8. The highest BCUT2D eigenvalue weighted by Gasteiger charge is 2.15. The second-order valence-corrected chi connectivity index (χ2v) is 7.26. The van der Waals surface area contributed by atoms with Crippen LogP contribution in [-0.4, -0.2) is 11.6 Å². The Morgan fingerprint density at radius 2 is 2.29 bits per heavy atom. The maximum absolute atomic E-state index is 5.86. The zero-order valence-electron chi connectivity index (χ0n) is 7.94. The van der Waals surface area contributed by atoms with Crippen LogP contribution < -0.4 is 4.52 Å². The van der Waals surface area contributed by atoms with E-state index in [9.17, 15) is 0 Å². The molecule has 0 fully saturated rings. The number of nitrogens with zero attached hydrogens (tertiary/aromatic N) is 1. The van der Waals surface area contributed by atoms with Gasteiger partial charge < -0.3 is 9.05 Å². The smallest absolute Gasteiger partial charge is 0.332 e. The molecule has 0 aliphatic carbocycles. The van der Waals surface area contributed by atoms with E-state index in [4.69, 9.17) is 32.1 Å². The van der Waals surface area contributed by atoms with E-state index in [1.54, 1.807) is 12.3 Å². The Kier molecular flexibility index (Phi) is 4.32. The quantitative estimate of drug-likeness (QED) is 0.769. The lowest BCUT2D eigenvalue weighted by Gasteiger charge is -2.14. The number of pyridine rings is 1. The lowest BCUT2D eigenvalue weighted by molar-refractivity contribution is 0.343. The van der Waals surface area contributed by atoms with Gasteiger partial charge in [-0.2, -0.15) is 0 Å². The van der Waals surface area contributed by atoms with Crippen molar-refractivity contribution in [1.29, 1.82) is 0 Å². The van der Waals surface area contributed by atoms with Crippen LogP contribution in [0.25, 0.3) is 0 Å². The molecule has 0 saturated heterocycles. The predicted octanol–water partition coefficient (Wildman–Crippen LogP) is 3.27. The molecule has 14 heavy (non-hydrogen) atoms. The maximum Gasteiger partial charge on any atom is 0.332 e. The Morgan fingerprint density at radius 1 is 1.57 bits per heavy atom. The van der Waals surface area contributed by atoms with Crippen LogP contribution in [-0.2, 0) is 16.3 Å². The molecule has 0 aromatic carbocycles. The molecule has 0 N–H and O–H groups in total. The highest BCUT2D eigenvalue weighted by molar-refractivity contribution is 8.22. The van der Waals surface area contributed by atoms with Gasteiger partial charge >= 0.3 is 5.84 Å². The summed E-state index contributed by atoms with van der Waals surface area (Å²) in [6.45, 7) is 4.16. The van der Waals surface area contributed by atoms with Gasteiger partial charge in [0.05, 0.1) is 12.8 Å². The van der Waals surface area contributed by atoms with Crippen molar-refractivity contribution >= 4 is 28.9 Å². The Hall–Kier alpha value is -0.150. The number of aromatic nitrogens is 1. The van der Waals surface area contributed by atoms with Gasteiger partial charge in [-0.15, -0.1) is 0 Å². The molecular weight excluding hydrogens is 241 g/mol. The Balaban J connectivity index is 2.69. The fraction of sp³-hybridized carbons (Fsp3) is 0.375. The van der Waals surface area contributed by atoms with Crippen LogP contribution in [0, 0.1) is 6.92 Å². The fourth-order valence-corrected chi connectivity index (χ4v) is 2.64. The summed E-state index contributed by atoms with van der Waals surface area (Å²) in [5.41, 5.74) is 0.914. The van der Waals surface area contributed by atoms with Crippen molar-refractivity contribution in [1.82, 2.24) is 4.98 Å². The van der Waals surface area contributed by atoms with Crippen molar-refractivity contribution in [3.63, 3.8) is 0 Å². The van der Waals surface area contributed by atoms with E-state index in [2.05, 4.69) is 4.98 Å². The molecule has 1 aromatic heterocycles. The van der Waals surface area contributed by atoms with Gasteiger partial charge in [0.2, 0.25) is 0 Å². The van der Waals surface area contributed by atoms with Crippen molar-refractivity contribution in [2.45, 2.75) is 13.8 Å². The number of rotatable bonds is 4. The van der Waals surface area contributed by atoms with E-state index in [0.717, 1.165) is 5.69 Å². The van der Waals surface area contributed by atoms with Gasteiger partial charge in [-0.3, -0.25) is 4.98 Å². The summed E-state index contributed by atoms with van der Waals surface area (Å²) in [7, 11) is 0. The monoisotopic (exact) mass is 251 g/mol. The molecule has 1 heterocycles. The first kappa shape index (κ1) is 11.9. The second-order valence-electron chi connectivity index (χ2n) is 2.57. The van der Waals surface area contributed by atoms with Gasteiger partial charge in [-0.1, -0.05) is 0 Å². The SMILES string of the molecule is CCOP(=S)(Cl)Oc1ccc(C)nc1. The molecule has 0 aliphatic heterocycles. The van der Waals surface area contributed by atoms with Crippen LogP contribution in [0.3, 0.4) is 0 Å².